The summed E-state index contributed by atoms with van der Waals surface area (Å²) in [6.07, 6.45) is -1.01. The van der Waals surface area contributed by atoms with Crippen LogP contribution in [0.5, 0.6) is 0 Å². The lowest BCUT2D eigenvalue weighted by Crippen LogP contribution is -2.36. The number of nitrogens with one attached hydrogen (secondary N) is 3. The van der Waals surface area contributed by atoms with Gasteiger partial charge in [-0.05, 0) is 24.3 Å². The van der Waals surface area contributed by atoms with Gasteiger partial charge in [0.25, 0.3) is 0 Å². The predicted octanol–water partition coefficient (Wildman–Crippen LogP) is 3.82. The van der Waals surface area contributed by atoms with Crippen molar-refractivity contribution >= 4 is 23.1 Å². The van der Waals surface area contributed by atoms with E-state index in [0.717, 1.165) is 16.8 Å². The molecule has 2 aromatic heterocycles. The highest BCUT2D eigenvalue weighted by Gasteiger charge is 2.27. The van der Waals surface area contributed by atoms with Crippen molar-refractivity contribution in [3.63, 3.8) is 0 Å². The first-order valence-corrected chi connectivity index (χ1v) is 9.52. The molecule has 0 saturated carbocycles. The molecule has 2 amide bonds. The number of amides is 2. The van der Waals surface area contributed by atoms with Gasteiger partial charge in [0.05, 0.1) is 30.8 Å². The van der Waals surface area contributed by atoms with Gasteiger partial charge in [0.15, 0.2) is 0 Å². The van der Waals surface area contributed by atoms with E-state index in [2.05, 4.69) is 22.4 Å². The quantitative estimate of drug-likeness (QED) is 0.341. The Kier molecular flexibility index (Phi) is 7.33. The van der Waals surface area contributed by atoms with E-state index >= 15 is 0 Å². The van der Waals surface area contributed by atoms with Gasteiger partial charge in [-0.3, -0.25) is 14.7 Å². The second-order valence-electron chi connectivity index (χ2n) is 6.71. The molecule has 0 bridgehead atoms. The number of nitrogens with zero attached hydrogens (tertiary/aromatic N) is 2. The molecule has 0 atom stereocenters. The van der Waals surface area contributed by atoms with E-state index in [1.165, 1.54) is 0 Å². The first-order valence-electron chi connectivity index (χ1n) is 9.52. The molecule has 0 fully saturated rings. The molecule has 2 heterocycles. The monoisotopic (exact) mass is 449 g/mol. The normalized spacial score (nSPS) is 11.4. The Hall–Kier alpha value is -3.57. The van der Waals surface area contributed by atoms with Crippen LogP contribution in [0.2, 0.25) is 0 Å². The average molecular weight is 449 g/mol. The number of carbonyl (C=O) groups is 1. The minimum Gasteiger partial charge on any atom is -0.382 e. The van der Waals surface area contributed by atoms with Gasteiger partial charge in [0.1, 0.15) is 12.2 Å². The lowest BCUT2D eigenvalue weighted by atomic mass is 10.1. The Bertz CT molecular complexity index is 1100. The van der Waals surface area contributed by atoms with Gasteiger partial charge in [-0.25, -0.2) is 9.78 Å². The van der Waals surface area contributed by atoms with E-state index in [4.69, 9.17) is 9.57 Å². The summed E-state index contributed by atoms with van der Waals surface area (Å²) in [4.78, 5) is 21.4. The number of benzene rings is 1. The number of urea groups is 1. The van der Waals surface area contributed by atoms with Crippen molar-refractivity contribution in [1.82, 2.24) is 20.2 Å². The van der Waals surface area contributed by atoms with Crippen molar-refractivity contribution in [2.45, 2.75) is 6.18 Å². The van der Waals surface area contributed by atoms with E-state index in [1.807, 2.05) is 22.7 Å². The van der Waals surface area contributed by atoms with E-state index in [9.17, 15) is 18.0 Å². The second kappa shape index (κ2) is 10.2. The van der Waals surface area contributed by atoms with Crippen LogP contribution >= 0.6 is 0 Å². The van der Waals surface area contributed by atoms with E-state index < -0.39 is 18.8 Å². The maximum absolute atomic E-state index is 12.3. The van der Waals surface area contributed by atoms with Gasteiger partial charge in [0.2, 0.25) is 0 Å². The smallest absolute Gasteiger partial charge is 0.382 e. The van der Waals surface area contributed by atoms with Crippen molar-refractivity contribution in [3.05, 3.63) is 60.9 Å². The summed E-state index contributed by atoms with van der Waals surface area (Å²) in [5, 5.41) is 4.16. The number of anilines is 1. The Labute approximate surface area is 182 Å². The minimum atomic E-state index is -4.48. The number of fused-ring (bicyclic) bond motifs is 1. The zero-order valence-electron chi connectivity index (χ0n) is 17.2. The molecule has 3 rings (SSSR count). The number of imidazole rings is 1. The lowest BCUT2D eigenvalue weighted by Gasteiger charge is -2.11. The number of alkyl halides is 3. The third-order valence-electron chi connectivity index (χ3n) is 4.31. The number of rotatable bonds is 9. The molecule has 3 aromatic rings. The van der Waals surface area contributed by atoms with Crippen molar-refractivity contribution < 1.29 is 27.5 Å². The molecule has 0 aliphatic carbocycles. The molecule has 32 heavy (non-hydrogen) atoms. The molecule has 11 heteroatoms. The number of hydrogen-bond acceptors (Lipinski definition) is 5. The molecule has 0 unspecified atom stereocenters. The van der Waals surface area contributed by atoms with Gasteiger partial charge in [-0.15, -0.1) is 0 Å². The van der Waals surface area contributed by atoms with Gasteiger partial charge in [-0.1, -0.05) is 18.7 Å². The summed E-state index contributed by atoms with van der Waals surface area (Å²) < 4.78 is 43.5. The average Bonchev–Trinajstić information content (AvgIpc) is 3.18. The zero-order valence-corrected chi connectivity index (χ0v) is 17.2. The molecule has 1 aromatic carbocycles. The van der Waals surface area contributed by atoms with Crippen LogP contribution in [0.4, 0.5) is 23.7 Å². The highest BCUT2D eigenvalue weighted by atomic mass is 19.4. The number of aromatic nitrogens is 2. The summed E-state index contributed by atoms with van der Waals surface area (Å²) >= 11 is 0. The van der Waals surface area contributed by atoms with Gasteiger partial charge in [-0.2, -0.15) is 13.2 Å². The third kappa shape index (κ3) is 6.22. The first kappa shape index (κ1) is 23.1. The fourth-order valence-electron chi connectivity index (χ4n) is 2.82. The van der Waals surface area contributed by atoms with Crippen LogP contribution in [-0.4, -0.2) is 48.5 Å². The van der Waals surface area contributed by atoms with E-state index in [-0.39, 0.29) is 0 Å². The fourth-order valence-corrected chi connectivity index (χ4v) is 2.82. The van der Waals surface area contributed by atoms with E-state index in [0.29, 0.717) is 30.2 Å². The Morgan fingerprint density at radius 3 is 2.78 bits per heavy atom. The minimum absolute atomic E-state index is 0.347. The third-order valence-corrected chi connectivity index (χ3v) is 4.31. The topological polar surface area (TPSA) is 88.9 Å². The van der Waals surface area contributed by atoms with Crippen molar-refractivity contribution in [2.24, 2.45) is 0 Å². The molecule has 170 valence electrons. The van der Waals surface area contributed by atoms with Crippen molar-refractivity contribution in [3.8, 4) is 11.3 Å². The van der Waals surface area contributed by atoms with Crippen molar-refractivity contribution in [2.75, 3.05) is 32.2 Å². The number of ether oxygens (including phenoxy) is 1. The van der Waals surface area contributed by atoms with Crippen LogP contribution in [-0.2, 0) is 9.57 Å². The second-order valence-corrected chi connectivity index (χ2v) is 6.71. The highest BCUT2D eigenvalue weighted by molar-refractivity contribution is 5.90. The standard InChI is InChI=1S/C21H22F3N5O3/c1-14(28-32-9-8-31-2)15-6-7-29-18(12-25-19(29)11-15)16-4-3-5-17(10-16)27-20(30)26-13-21(22,23)24/h3-7,10-12,28H,1,8-9,13H2,2H3,(H2,26,27,30). The van der Waals surface area contributed by atoms with Crippen LogP contribution < -0.4 is 16.1 Å². The number of methoxy groups -OCH3 is 1. The molecule has 3 N–H and O–H groups in total. The number of hydroxylamine groups is 1. The molecule has 8 nitrogen and oxygen atoms in total. The number of pyridine rings is 1. The molecule has 0 aliphatic heterocycles. The highest BCUT2D eigenvalue weighted by Crippen LogP contribution is 2.25. The summed E-state index contributed by atoms with van der Waals surface area (Å²) in [5.74, 6) is 0. The maximum Gasteiger partial charge on any atom is 0.405 e. The van der Waals surface area contributed by atoms with Crippen LogP contribution in [0.3, 0.4) is 0 Å². The van der Waals surface area contributed by atoms with Crippen LogP contribution in [0.25, 0.3) is 22.6 Å². The van der Waals surface area contributed by atoms with Gasteiger partial charge >= 0.3 is 12.2 Å². The molecular formula is C21H22F3N5O3. The van der Waals surface area contributed by atoms with Gasteiger partial charge < -0.3 is 15.4 Å². The van der Waals surface area contributed by atoms with Crippen molar-refractivity contribution in [1.29, 1.82) is 0 Å². The SMILES string of the molecule is C=C(NOCCOC)c1ccn2c(-c3cccc(NC(=O)NCC(F)(F)F)c3)cnc2c1. The zero-order chi connectivity index (χ0) is 23.1. The lowest BCUT2D eigenvalue weighted by molar-refractivity contribution is -0.122. The fraction of sp³-hybridized carbons (Fsp3) is 0.238. The molecule has 0 spiro atoms. The van der Waals surface area contributed by atoms with Gasteiger partial charge in [0, 0.05) is 30.1 Å². The molecule has 0 aliphatic rings. The number of halogens is 3. The Balaban J connectivity index is 1.72. The summed E-state index contributed by atoms with van der Waals surface area (Å²) in [5.41, 5.74) is 6.55. The molecular weight excluding hydrogens is 427 g/mol. The summed E-state index contributed by atoms with van der Waals surface area (Å²) in [6, 6.07) is 9.43. The maximum atomic E-state index is 12.3. The largest absolute Gasteiger partial charge is 0.405 e. The Morgan fingerprint density at radius 2 is 2.03 bits per heavy atom. The number of carbonyl (C=O) groups excluding carboxylic acids is 1. The van der Waals surface area contributed by atoms with E-state index in [1.54, 1.807) is 42.9 Å². The molecule has 0 radical (unpaired) electrons. The Morgan fingerprint density at radius 1 is 1.22 bits per heavy atom. The summed E-state index contributed by atoms with van der Waals surface area (Å²) in [6.45, 7) is 3.33. The molecule has 0 saturated heterocycles. The summed E-state index contributed by atoms with van der Waals surface area (Å²) in [7, 11) is 1.58. The number of hydrogen-bond donors (Lipinski definition) is 3. The van der Waals surface area contributed by atoms with Crippen LogP contribution in [0.1, 0.15) is 5.56 Å². The predicted molar refractivity (Wildman–Crippen MR) is 114 cm³/mol. The first-order chi connectivity index (χ1) is 15.3. The van der Waals surface area contributed by atoms with Crippen LogP contribution in [0.15, 0.2) is 55.4 Å². The van der Waals surface area contributed by atoms with Crippen LogP contribution in [0, 0.1) is 0 Å².